The molecule has 0 spiro atoms. The third kappa shape index (κ3) is 5.86. The smallest absolute Gasteiger partial charge is 0.286 e. The number of amides is 2. The lowest BCUT2D eigenvalue weighted by atomic mass is 10.2. The van der Waals surface area contributed by atoms with E-state index in [0.29, 0.717) is 29.6 Å². The number of benzene rings is 2. The Morgan fingerprint density at radius 1 is 1.17 bits per heavy atom. The predicted molar refractivity (Wildman–Crippen MR) is 114 cm³/mol. The van der Waals surface area contributed by atoms with E-state index < -0.39 is 0 Å². The normalized spacial score (nSPS) is 14.6. The molecule has 0 aliphatic carbocycles. The van der Waals surface area contributed by atoms with Crippen LogP contribution in [0, 0.1) is 0 Å². The summed E-state index contributed by atoms with van der Waals surface area (Å²) in [5.74, 6) is 0.344. The molecule has 0 atom stereocenters. The molecular formula is C21H21N3O4S. The first-order valence-corrected chi connectivity index (χ1v) is 9.85. The number of thioether (sulfide) groups is 1. The van der Waals surface area contributed by atoms with E-state index >= 15 is 0 Å². The van der Waals surface area contributed by atoms with Crippen LogP contribution in [0.5, 0.6) is 11.5 Å². The van der Waals surface area contributed by atoms with Gasteiger partial charge in [-0.2, -0.15) is 4.99 Å². The second kappa shape index (κ2) is 9.79. The van der Waals surface area contributed by atoms with Crippen LogP contribution in [0.25, 0.3) is 6.08 Å². The number of carbonyl (C=O) groups excluding carboxylic acids is 2. The Hall–Kier alpha value is -3.26. The number of rotatable bonds is 8. The maximum atomic E-state index is 12.1. The number of carbonyl (C=O) groups is 2. The van der Waals surface area contributed by atoms with E-state index in [1.165, 1.54) is 0 Å². The molecule has 2 amide bonds. The van der Waals surface area contributed by atoms with Gasteiger partial charge in [0.05, 0.1) is 11.5 Å². The van der Waals surface area contributed by atoms with Crippen LogP contribution in [0.15, 0.2) is 58.4 Å². The molecule has 0 saturated heterocycles. The van der Waals surface area contributed by atoms with Gasteiger partial charge < -0.3 is 20.5 Å². The topological polar surface area (TPSA) is 103 Å². The molecule has 0 unspecified atom stereocenters. The number of hydrogen-bond acceptors (Lipinski definition) is 6. The van der Waals surface area contributed by atoms with Gasteiger partial charge >= 0.3 is 0 Å². The van der Waals surface area contributed by atoms with E-state index in [-0.39, 0.29) is 23.6 Å². The molecule has 0 radical (unpaired) electrons. The van der Waals surface area contributed by atoms with Crippen molar-refractivity contribution in [1.29, 1.82) is 0 Å². The summed E-state index contributed by atoms with van der Waals surface area (Å²) in [5, 5.41) is 3.04. The third-order valence-electron chi connectivity index (χ3n) is 3.89. The van der Waals surface area contributed by atoms with Crippen LogP contribution in [-0.4, -0.2) is 30.2 Å². The number of nitrogens with two attached hydrogens (primary N) is 1. The third-order valence-corrected chi connectivity index (χ3v) is 4.71. The fourth-order valence-corrected chi connectivity index (χ4v) is 3.25. The highest BCUT2D eigenvalue weighted by Gasteiger charge is 2.19. The lowest BCUT2D eigenvalue weighted by molar-refractivity contribution is -0.123. The summed E-state index contributed by atoms with van der Waals surface area (Å²) in [6.07, 6.45) is 1.69. The van der Waals surface area contributed by atoms with Crippen molar-refractivity contribution in [2.24, 2.45) is 10.7 Å². The highest BCUT2D eigenvalue weighted by Crippen LogP contribution is 2.32. The largest absolute Gasteiger partial charge is 0.490 e. The van der Waals surface area contributed by atoms with Crippen LogP contribution in [0.1, 0.15) is 18.1 Å². The Labute approximate surface area is 173 Å². The van der Waals surface area contributed by atoms with Crippen molar-refractivity contribution in [3.63, 3.8) is 0 Å². The maximum Gasteiger partial charge on any atom is 0.286 e. The summed E-state index contributed by atoms with van der Waals surface area (Å²) in [6.45, 7) is 2.59. The molecule has 2 aromatic carbocycles. The van der Waals surface area contributed by atoms with Gasteiger partial charge in [0.1, 0.15) is 0 Å². The second-order valence-electron chi connectivity index (χ2n) is 6.06. The van der Waals surface area contributed by atoms with Crippen molar-refractivity contribution < 1.29 is 19.1 Å². The van der Waals surface area contributed by atoms with E-state index in [4.69, 9.17) is 15.2 Å². The van der Waals surface area contributed by atoms with Gasteiger partial charge in [-0.25, -0.2) is 0 Å². The van der Waals surface area contributed by atoms with Gasteiger partial charge in [0, 0.05) is 6.54 Å². The molecule has 7 nitrogen and oxygen atoms in total. The molecule has 0 fully saturated rings. The summed E-state index contributed by atoms with van der Waals surface area (Å²) >= 11 is 1.12. The Morgan fingerprint density at radius 2 is 1.97 bits per heavy atom. The molecule has 8 heteroatoms. The summed E-state index contributed by atoms with van der Waals surface area (Å²) in [4.78, 5) is 27.9. The number of hydrogen-bond donors (Lipinski definition) is 2. The van der Waals surface area contributed by atoms with Crippen molar-refractivity contribution in [1.82, 2.24) is 5.32 Å². The van der Waals surface area contributed by atoms with Crippen LogP contribution >= 0.6 is 11.8 Å². The fraction of sp³-hybridized carbons (Fsp3) is 0.190. The molecule has 29 heavy (non-hydrogen) atoms. The standard InChI is InChI=1S/C21H21N3O4S/c1-2-27-17-10-15(11-18-20(26)24-21(22)29-18)8-9-16(17)28-13-19(25)23-12-14-6-4-3-5-7-14/h3-11H,2,12-13H2,1H3,(H,23,25)(H2,22,24,26). The van der Waals surface area contributed by atoms with Crippen LogP contribution in [0.3, 0.4) is 0 Å². The minimum atomic E-state index is -0.360. The number of nitrogens with one attached hydrogen (secondary N) is 1. The van der Waals surface area contributed by atoms with Gasteiger partial charge in [0.2, 0.25) is 0 Å². The number of nitrogens with zero attached hydrogens (tertiary/aromatic N) is 1. The van der Waals surface area contributed by atoms with Crippen LogP contribution in [0.4, 0.5) is 0 Å². The molecule has 150 valence electrons. The lowest BCUT2D eigenvalue weighted by Gasteiger charge is -2.13. The van der Waals surface area contributed by atoms with E-state index in [0.717, 1.165) is 22.9 Å². The Balaban J connectivity index is 1.62. The molecule has 1 aliphatic heterocycles. The van der Waals surface area contributed by atoms with Crippen molar-refractivity contribution in [2.45, 2.75) is 13.5 Å². The van der Waals surface area contributed by atoms with E-state index in [1.54, 1.807) is 24.3 Å². The highest BCUT2D eigenvalue weighted by atomic mass is 32.2. The Morgan fingerprint density at radius 3 is 2.66 bits per heavy atom. The van der Waals surface area contributed by atoms with Gasteiger partial charge in [-0.1, -0.05) is 36.4 Å². The summed E-state index contributed by atoms with van der Waals surface area (Å²) in [6, 6.07) is 14.9. The first kappa shape index (κ1) is 20.5. The quantitative estimate of drug-likeness (QED) is 0.648. The first-order valence-electron chi connectivity index (χ1n) is 9.03. The van der Waals surface area contributed by atoms with E-state index in [2.05, 4.69) is 10.3 Å². The van der Waals surface area contributed by atoms with Gasteiger partial charge in [-0.05, 0) is 48.0 Å². The molecular weight excluding hydrogens is 390 g/mol. The average molecular weight is 411 g/mol. The maximum absolute atomic E-state index is 12.1. The fourth-order valence-electron chi connectivity index (χ4n) is 2.57. The summed E-state index contributed by atoms with van der Waals surface area (Å²) in [5.41, 5.74) is 7.33. The number of amidine groups is 1. The van der Waals surface area contributed by atoms with Crippen LogP contribution in [0.2, 0.25) is 0 Å². The first-order chi connectivity index (χ1) is 14.0. The summed E-state index contributed by atoms with van der Waals surface area (Å²) < 4.78 is 11.3. The zero-order valence-electron chi connectivity index (χ0n) is 15.9. The zero-order valence-corrected chi connectivity index (χ0v) is 16.7. The van der Waals surface area contributed by atoms with Crippen molar-refractivity contribution in [3.8, 4) is 11.5 Å². The average Bonchev–Trinajstić information content (AvgIpc) is 3.03. The van der Waals surface area contributed by atoms with E-state index in [9.17, 15) is 9.59 Å². The molecule has 1 aliphatic rings. The Kier molecular flexibility index (Phi) is 6.91. The highest BCUT2D eigenvalue weighted by molar-refractivity contribution is 8.18. The minimum absolute atomic E-state index is 0.133. The van der Waals surface area contributed by atoms with Crippen molar-refractivity contribution in [3.05, 3.63) is 64.6 Å². The molecule has 1 heterocycles. The predicted octanol–water partition coefficient (Wildman–Crippen LogP) is 2.71. The lowest BCUT2D eigenvalue weighted by Crippen LogP contribution is -2.28. The minimum Gasteiger partial charge on any atom is -0.490 e. The van der Waals surface area contributed by atoms with Crippen molar-refractivity contribution in [2.75, 3.05) is 13.2 Å². The van der Waals surface area contributed by atoms with E-state index in [1.807, 2.05) is 37.3 Å². The molecule has 2 aromatic rings. The van der Waals surface area contributed by atoms with Gasteiger partial charge in [0.15, 0.2) is 23.3 Å². The van der Waals surface area contributed by atoms with Gasteiger partial charge in [-0.15, -0.1) is 0 Å². The van der Waals surface area contributed by atoms with Crippen molar-refractivity contribution >= 4 is 34.8 Å². The SMILES string of the molecule is CCOc1cc(C=C2SC(N)=NC2=O)ccc1OCC(=O)NCc1ccccc1. The van der Waals surface area contributed by atoms with Crippen LogP contribution in [-0.2, 0) is 16.1 Å². The monoisotopic (exact) mass is 411 g/mol. The Bertz CT molecular complexity index is 958. The number of ether oxygens (including phenoxy) is 2. The molecule has 0 saturated carbocycles. The molecule has 0 aromatic heterocycles. The molecule has 3 rings (SSSR count). The number of aliphatic imine (C=N–C) groups is 1. The second-order valence-corrected chi connectivity index (χ2v) is 7.12. The van der Waals surface area contributed by atoms with Gasteiger partial charge in [-0.3, -0.25) is 9.59 Å². The van der Waals surface area contributed by atoms with Gasteiger partial charge in [0.25, 0.3) is 11.8 Å². The molecule has 3 N–H and O–H groups in total. The zero-order chi connectivity index (χ0) is 20.6. The van der Waals surface area contributed by atoms with Crippen LogP contribution < -0.4 is 20.5 Å². The summed E-state index contributed by atoms with van der Waals surface area (Å²) in [7, 11) is 0. The molecule has 0 bridgehead atoms.